The molecule has 0 radical (unpaired) electrons. The fraction of sp³-hybridized carbons (Fsp3) is 0.211. The Morgan fingerprint density at radius 2 is 2.03 bits per heavy atom. The van der Waals surface area contributed by atoms with Crippen molar-refractivity contribution in [3.63, 3.8) is 0 Å². The molecule has 10 nitrogen and oxygen atoms in total. The lowest BCUT2D eigenvalue weighted by Gasteiger charge is -2.16. The number of benzene rings is 2. The Morgan fingerprint density at radius 3 is 2.76 bits per heavy atom. The maximum Gasteiger partial charge on any atom is 0.420 e. The number of nitro groups is 1. The zero-order chi connectivity index (χ0) is 20.5. The molecule has 0 spiro atoms. The standard InChI is InChI=1S/C19H16N4O6/c24-17(20-12-3-1-4-13(9-12)21-8-2-5-18(21)25)11-22-15-7-6-14(23(27)28)10-16(15)29-19(22)26/h1,3-4,6-7,9-10H,2,5,8,11H2,(H,20,24). The van der Waals surface area contributed by atoms with Gasteiger partial charge in [-0.05, 0) is 30.7 Å². The number of non-ortho nitro benzene ring substituents is 1. The molecule has 1 saturated heterocycles. The SMILES string of the molecule is O=C(Cn1c(=O)oc2cc([N+](=O)[O-])ccc21)Nc1cccc(N2CCCC2=O)c1. The summed E-state index contributed by atoms with van der Waals surface area (Å²) in [6, 6.07) is 10.6. The number of oxazole rings is 1. The Bertz CT molecular complexity index is 1190. The van der Waals surface area contributed by atoms with E-state index >= 15 is 0 Å². The lowest BCUT2D eigenvalue weighted by Crippen LogP contribution is -2.25. The van der Waals surface area contributed by atoms with E-state index in [-0.39, 0.29) is 29.2 Å². The summed E-state index contributed by atoms with van der Waals surface area (Å²) >= 11 is 0. The number of carbonyl (C=O) groups excluding carboxylic acids is 2. The number of anilines is 2. The van der Waals surface area contributed by atoms with E-state index in [1.165, 1.54) is 12.1 Å². The molecule has 10 heteroatoms. The molecule has 0 saturated carbocycles. The summed E-state index contributed by atoms with van der Waals surface area (Å²) in [6.45, 7) is 0.315. The second-order valence-electron chi connectivity index (χ2n) is 6.61. The van der Waals surface area contributed by atoms with Gasteiger partial charge < -0.3 is 14.6 Å². The monoisotopic (exact) mass is 396 g/mol. The topological polar surface area (TPSA) is 128 Å². The van der Waals surface area contributed by atoms with Crippen molar-refractivity contribution in [1.82, 2.24) is 4.57 Å². The highest BCUT2D eigenvalue weighted by Crippen LogP contribution is 2.24. The molecule has 1 aliphatic rings. The van der Waals surface area contributed by atoms with E-state index in [2.05, 4.69) is 5.32 Å². The van der Waals surface area contributed by atoms with Gasteiger partial charge in [-0.15, -0.1) is 0 Å². The second-order valence-corrected chi connectivity index (χ2v) is 6.61. The zero-order valence-corrected chi connectivity index (χ0v) is 15.2. The van der Waals surface area contributed by atoms with Gasteiger partial charge in [0.1, 0.15) is 6.54 Å². The van der Waals surface area contributed by atoms with Crippen molar-refractivity contribution in [2.45, 2.75) is 19.4 Å². The van der Waals surface area contributed by atoms with Crippen molar-refractivity contribution in [1.29, 1.82) is 0 Å². The first-order valence-corrected chi connectivity index (χ1v) is 8.90. The van der Waals surface area contributed by atoms with Crippen molar-refractivity contribution < 1.29 is 18.9 Å². The van der Waals surface area contributed by atoms with Gasteiger partial charge in [-0.2, -0.15) is 0 Å². The highest BCUT2D eigenvalue weighted by atomic mass is 16.6. The van der Waals surface area contributed by atoms with Crippen LogP contribution in [0.4, 0.5) is 17.1 Å². The minimum atomic E-state index is -0.785. The molecule has 1 fully saturated rings. The molecule has 0 aliphatic carbocycles. The van der Waals surface area contributed by atoms with Gasteiger partial charge in [0.25, 0.3) is 5.69 Å². The van der Waals surface area contributed by atoms with Gasteiger partial charge in [-0.3, -0.25) is 24.3 Å². The number of nitrogens with zero attached hydrogens (tertiary/aromatic N) is 3. The van der Waals surface area contributed by atoms with Crippen LogP contribution in [0.2, 0.25) is 0 Å². The zero-order valence-electron chi connectivity index (χ0n) is 15.2. The summed E-state index contributed by atoms with van der Waals surface area (Å²) in [5.74, 6) is -1.22. The van der Waals surface area contributed by atoms with Crippen molar-refractivity contribution in [3.05, 3.63) is 63.1 Å². The normalized spacial score (nSPS) is 13.8. The van der Waals surface area contributed by atoms with E-state index < -0.39 is 16.6 Å². The van der Waals surface area contributed by atoms with Crippen molar-refractivity contribution in [3.8, 4) is 0 Å². The van der Waals surface area contributed by atoms with Gasteiger partial charge in [0, 0.05) is 30.4 Å². The maximum atomic E-state index is 12.4. The van der Waals surface area contributed by atoms with E-state index in [1.807, 2.05) is 0 Å². The molecule has 0 bridgehead atoms. The van der Waals surface area contributed by atoms with Gasteiger partial charge in [0.05, 0.1) is 16.5 Å². The first-order valence-electron chi connectivity index (χ1n) is 8.90. The van der Waals surface area contributed by atoms with Crippen LogP contribution in [0.1, 0.15) is 12.8 Å². The van der Waals surface area contributed by atoms with Gasteiger partial charge in [-0.1, -0.05) is 6.07 Å². The van der Waals surface area contributed by atoms with Crippen LogP contribution in [0.3, 0.4) is 0 Å². The largest absolute Gasteiger partial charge is 0.420 e. The maximum absolute atomic E-state index is 12.4. The molecule has 2 amide bonds. The number of fused-ring (bicyclic) bond motifs is 1. The van der Waals surface area contributed by atoms with E-state index in [0.29, 0.717) is 24.3 Å². The molecule has 3 aromatic rings. The minimum absolute atomic E-state index is 0.0338. The smallest absolute Gasteiger partial charge is 0.407 e. The summed E-state index contributed by atoms with van der Waals surface area (Å²) in [5, 5.41) is 13.5. The molecule has 2 aromatic carbocycles. The summed E-state index contributed by atoms with van der Waals surface area (Å²) in [6.07, 6.45) is 1.30. The summed E-state index contributed by atoms with van der Waals surface area (Å²) in [7, 11) is 0. The second kappa shape index (κ2) is 7.23. The average Bonchev–Trinajstić information content (AvgIpc) is 3.24. The van der Waals surface area contributed by atoms with E-state index in [0.717, 1.165) is 17.1 Å². The quantitative estimate of drug-likeness (QED) is 0.520. The Hall–Kier alpha value is -3.95. The average molecular weight is 396 g/mol. The number of nitro benzene ring substituents is 1. The third kappa shape index (κ3) is 3.59. The molecular formula is C19H16N4O6. The van der Waals surface area contributed by atoms with Crippen LogP contribution in [0.25, 0.3) is 11.1 Å². The molecule has 0 unspecified atom stereocenters. The Kier molecular flexibility index (Phi) is 4.59. The Morgan fingerprint density at radius 1 is 1.21 bits per heavy atom. The van der Waals surface area contributed by atoms with Gasteiger partial charge >= 0.3 is 5.76 Å². The number of rotatable bonds is 5. The lowest BCUT2D eigenvalue weighted by atomic mass is 10.2. The molecule has 1 aromatic heterocycles. The molecule has 29 heavy (non-hydrogen) atoms. The number of hydrogen-bond acceptors (Lipinski definition) is 6. The minimum Gasteiger partial charge on any atom is -0.407 e. The number of amides is 2. The molecule has 1 aliphatic heterocycles. The first-order chi connectivity index (χ1) is 13.9. The van der Waals surface area contributed by atoms with E-state index in [1.54, 1.807) is 29.2 Å². The Balaban J connectivity index is 1.53. The van der Waals surface area contributed by atoms with Crippen molar-refractivity contribution >= 4 is 40.0 Å². The van der Waals surface area contributed by atoms with Crippen LogP contribution in [0.5, 0.6) is 0 Å². The van der Waals surface area contributed by atoms with Crippen LogP contribution in [-0.2, 0) is 16.1 Å². The highest BCUT2D eigenvalue weighted by Gasteiger charge is 2.22. The molecule has 1 N–H and O–H groups in total. The van der Waals surface area contributed by atoms with Gasteiger partial charge in [0.15, 0.2) is 5.58 Å². The fourth-order valence-electron chi connectivity index (χ4n) is 3.34. The fourth-order valence-corrected chi connectivity index (χ4v) is 3.34. The van der Waals surface area contributed by atoms with Crippen molar-refractivity contribution in [2.75, 3.05) is 16.8 Å². The number of aromatic nitrogens is 1. The summed E-state index contributed by atoms with van der Waals surface area (Å²) in [5.41, 5.74) is 1.29. The predicted molar refractivity (Wildman–Crippen MR) is 104 cm³/mol. The van der Waals surface area contributed by atoms with E-state index in [4.69, 9.17) is 4.42 Å². The van der Waals surface area contributed by atoms with Crippen LogP contribution < -0.4 is 16.0 Å². The molecule has 148 valence electrons. The van der Waals surface area contributed by atoms with Gasteiger partial charge in [0.2, 0.25) is 11.8 Å². The summed E-state index contributed by atoms with van der Waals surface area (Å²) in [4.78, 5) is 48.3. The van der Waals surface area contributed by atoms with Crippen LogP contribution >= 0.6 is 0 Å². The first kappa shape index (κ1) is 18.4. The molecular weight excluding hydrogens is 380 g/mol. The van der Waals surface area contributed by atoms with Crippen molar-refractivity contribution in [2.24, 2.45) is 0 Å². The highest BCUT2D eigenvalue weighted by molar-refractivity contribution is 5.97. The predicted octanol–water partition coefficient (Wildman–Crippen LogP) is 2.27. The molecule has 4 rings (SSSR count). The number of carbonyl (C=O) groups is 2. The molecule has 0 atom stereocenters. The van der Waals surface area contributed by atoms with Crippen LogP contribution in [-0.4, -0.2) is 27.8 Å². The summed E-state index contributed by atoms with van der Waals surface area (Å²) < 4.78 is 6.12. The third-order valence-corrected chi connectivity index (χ3v) is 4.68. The number of hydrogen-bond donors (Lipinski definition) is 1. The van der Waals surface area contributed by atoms with Crippen LogP contribution in [0.15, 0.2) is 51.7 Å². The third-order valence-electron chi connectivity index (χ3n) is 4.68. The lowest BCUT2D eigenvalue weighted by molar-refractivity contribution is -0.384. The Labute approximate surface area is 163 Å². The van der Waals surface area contributed by atoms with Gasteiger partial charge in [-0.25, -0.2) is 4.79 Å². The van der Waals surface area contributed by atoms with E-state index in [9.17, 15) is 24.5 Å². The van der Waals surface area contributed by atoms with Crippen LogP contribution in [0, 0.1) is 10.1 Å². The molecule has 2 heterocycles. The number of nitrogens with one attached hydrogen (secondary N) is 1.